The molecule has 0 bridgehead atoms. The van der Waals surface area contributed by atoms with Crippen molar-refractivity contribution in [2.24, 2.45) is 5.92 Å². The van der Waals surface area contributed by atoms with Gasteiger partial charge in [0.05, 0.1) is 0 Å². The summed E-state index contributed by atoms with van der Waals surface area (Å²) >= 11 is 0. The molecule has 1 amide bonds. The molecule has 3 rings (SSSR count). The molecule has 1 saturated heterocycles. The van der Waals surface area contributed by atoms with Gasteiger partial charge in [-0.25, -0.2) is 0 Å². The molecule has 1 atom stereocenters. The van der Waals surface area contributed by atoms with Crippen molar-refractivity contribution in [3.8, 4) is 16.9 Å². The van der Waals surface area contributed by atoms with Gasteiger partial charge in [0.2, 0.25) is 0 Å². The second kappa shape index (κ2) is 11.1. The molecule has 0 aliphatic carbocycles. The summed E-state index contributed by atoms with van der Waals surface area (Å²) in [7, 11) is 1.99. The molecule has 1 aliphatic rings. The summed E-state index contributed by atoms with van der Waals surface area (Å²) in [6, 6.07) is 18.2. The van der Waals surface area contributed by atoms with Crippen molar-refractivity contribution in [2.75, 3.05) is 26.7 Å². The van der Waals surface area contributed by atoms with E-state index in [1.54, 1.807) is 0 Å². The standard InChI is InChI=1S/C23H30N2O2.ClH/c1-18(23(26)25-16-13-19(14-17-25)12-15-24-2)27-22-10-8-21(9-11-22)20-6-4-3-5-7-20;/h3-11,18-19,24H,12-17H2,1-2H3;1H. The van der Waals surface area contributed by atoms with Crippen LogP contribution in [0.3, 0.4) is 0 Å². The van der Waals surface area contributed by atoms with E-state index in [0.29, 0.717) is 0 Å². The first-order valence-corrected chi connectivity index (χ1v) is 9.93. The Bertz CT molecular complexity index is 713. The fraction of sp³-hybridized carbons (Fsp3) is 0.435. The summed E-state index contributed by atoms with van der Waals surface area (Å²) < 4.78 is 5.91. The minimum absolute atomic E-state index is 0. The molecule has 0 aromatic heterocycles. The summed E-state index contributed by atoms with van der Waals surface area (Å²) in [4.78, 5) is 14.7. The highest BCUT2D eigenvalue weighted by Crippen LogP contribution is 2.24. The molecular formula is C23H31ClN2O2. The van der Waals surface area contributed by atoms with Gasteiger partial charge in [-0.2, -0.15) is 0 Å². The first-order valence-electron chi connectivity index (χ1n) is 9.93. The summed E-state index contributed by atoms with van der Waals surface area (Å²) in [6.45, 7) is 4.58. The summed E-state index contributed by atoms with van der Waals surface area (Å²) in [6.07, 6.45) is 2.91. The number of rotatable bonds is 7. The average Bonchev–Trinajstić information content (AvgIpc) is 2.73. The first-order chi connectivity index (χ1) is 13.2. The predicted octanol–water partition coefficient (Wildman–Crippen LogP) is 4.39. The van der Waals surface area contributed by atoms with E-state index in [9.17, 15) is 4.79 Å². The number of nitrogens with one attached hydrogen (secondary N) is 1. The summed E-state index contributed by atoms with van der Waals surface area (Å²) in [5.41, 5.74) is 2.32. The maximum Gasteiger partial charge on any atom is 0.263 e. The maximum absolute atomic E-state index is 12.7. The zero-order valence-electron chi connectivity index (χ0n) is 16.8. The fourth-order valence-electron chi connectivity index (χ4n) is 3.66. The highest BCUT2D eigenvalue weighted by Gasteiger charge is 2.26. The molecule has 0 spiro atoms. The quantitative estimate of drug-likeness (QED) is 0.746. The molecule has 1 fully saturated rings. The van der Waals surface area contributed by atoms with Crippen molar-refractivity contribution in [1.82, 2.24) is 10.2 Å². The number of carbonyl (C=O) groups is 1. The molecule has 1 heterocycles. The lowest BCUT2D eigenvalue weighted by Crippen LogP contribution is -2.45. The minimum atomic E-state index is -0.457. The largest absolute Gasteiger partial charge is 0.481 e. The Kier molecular flexibility index (Phi) is 8.81. The van der Waals surface area contributed by atoms with E-state index in [2.05, 4.69) is 17.4 Å². The van der Waals surface area contributed by atoms with Crippen LogP contribution in [0.4, 0.5) is 0 Å². The highest BCUT2D eigenvalue weighted by atomic mass is 35.5. The van der Waals surface area contributed by atoms with Crippen LogP contribution in [0.2, 0.25) is 0 Å². The van der Waals surface area contributed by atoms with Gasteiger partial charge in [-0.3, -0.25) is 4.79 Å². The van der Waals surface area contributed by atoms with Crippen LogP contribution in [-0.2, 0) is 4.79 Å². The van der Waals surface area contributed by atoms with Crippen LogP contribution in [0.5, 0.6) is 5.75 Å². The highest BCUT2D eigenvalue weighted by molar-refractivity contribution is 5.85. The number of amides is 1. The number of ether oxygens (including phenoxy) is 1. The molecule has 0 radical (unpaired) electrons. The van der Waals surface area contributed by atoms with E-state index >= 15 is 0 Å². The van der Waals surface area contributed by atoms with Crippen molar-refractivity contribution >= 4 is 18.3 Å². The van der Waals surface area contributed by atoms with Gasteiger partial charge in [0.25, 0.3) is 5.91 Å². The van der Waals surface area contributed by atoms with Crippen molar-refractivity contribution < 1.29 is 9.53 Å². The van der Waals surface area contributed by atoms with E-state index in [1.807, 2.05) is 61.3 Å². The molecule has 152 valence electrons. The predicted molar refractivity (Wildman–Crippen MR) is 117 cm³/mol. The van der Waals surface area contributed by atoms with Crippen LogP contribution in [0.1, 0.15) is 26.2 Å². The monoisotopic (exact) mass is 402 g/mol. The number of hydrogen-bond donors (Lipinski definition) is 1. The smallest absolute Gasteiger partial charge is 0.263 e. The van der Waals surface area contributed by atoms with Gasteiger partial charge in [0.15, 0.2) is 6.10 Å². The lowest BCUT2D eigenvalue weighted by atomic mass is 9.93. The van der Waals surface area contributed by atoms with Crippen molar-refractivity contribution in [1.29, 1.82) is 0 Å². The van der Waals surface area contributed by atoms with E-state index in [1.165, 1.54) is 12.0 Å². The van der Waals surface area contributed by atoms with Gasteiger partial charge in [0, 0.05) is 13.1 Å². The van der Waals surface area contributed by atoms with Crippen LogP contribution in [0.15, 0.2) is 54.6 Å². The Morgan fingerprint density at radius 1 is 1.07 bits per heavy atom. The topological polar surface area (TPSA) is 41.6 Å². The zero-order chi connectivity index (χ0) is 19.1. The van der Waals surface area contributed by atoms with Gasteiger partial charge in [0.1, 0.15) is 5.75 Å². The number of benzene rings is 2. The number of carbonyl (C=O) groups excluding carboxylic acids is 1. The van der Waals surface area contributed by atoms with Gasteiger partial charge >= 0.3 is 0 Å². The maximum atomic E-state index is 12.7. The molecule has 5 heteroatoms. The SMILES string of the molecule is CNCCC1CCN(C(=O)C(C)Oc2ccc(-c3ccccc3)cc2)CC1.Cl. The Morgan fingerprint density at radius 2 is 1.68 bits per heavy atom. The average molecular weight is 403 g/mol. The van der Waals surface area contributed by atoms with Crippen molar-refractivity contribution in [3.63, 3.8) is 0 Å². The van der Waals surface area contributed by atoms with E-state index in [-0.39, 0.29) is 18.3 Å². The first kappa shape index (κ1) is 22.3. The third-order valence-electron chi connectivity index (χ3n) is 5.35. The molecule has 0 saturated carbocycles. The molecular weight excluding hydrogens is 372 g/mol. The van der Waals surface area contributed by atoms with Gasteiger partial charge in [-0.15, -0.1) is 12.4 Å². The number of hydrogen-bond acceptors (Lipinski definition) is 3. The Labute approximate surface area is 174 Å². The van der Waals surface area contributed by atoms with Crippen LogP contribution in [0, 0.1) is 5.92 Å². The van der Waals surface area contributed by atoms with E-state index in [4.69, 9.17) is 4.74 Å². The molecule has 1 aliphatic heterocycles. The number of piperidine rings is 1. The normalized spacial score (nSPS) is 15.6. The number of nitrogens with zero attached hydrogens (tertiary/aromatic N) is 1. The molecule has 28 heavy (non-hydrogen) atoms. The van der Waals surface area contributed by atoms with E-state index < -0.39 is 6.10 Å². The second-order valence-corrected chi connectivity index (χ2v) is 7.31. The van der Waals surface area contributed by atoms with Crippen LogP contribution in [0.25, 0.3) is 11.1 Å². The summed E-state index contributed by atoms with van der Waals surface area (Å²) in [5.74, 6) is 1.55. The number of likely N-dealkylation sites (tertiary alicyclic amines) is 1. The molecule has 1 N–H and O–H groups in total. The zero-order valence-corrected chi connectivity index (χ0v) is 17.6. The van der Waals surface area contributed by atoms with Gasteiger partial charge in [-0.05, 0) is 69.0 Å². The second-order valence-electron chi connectivity index (χ2n) is 7.31. The lowest BCUT2D eigenvalue weighted by Gasteiger charge is -2.33. The Balaban J connectivity index is 0.00000280. The number of halogens is 1. The van der Waals surface area contributed by atoms with Crippen molar-refractivity contribution in [2.45, 2.75) is 32.3 Å². The molecule has 4 nitrogen and oxygen atoms in total. The molecule has 2 aromatic rings. The minimum Gasteiger partial charge on any atom is -0.481 e. The van der Waals surface area contributed by atoms with Crippen molar-refractivity contribution in [3.05, 3.63) is 54.6 Å². The lowest BCUT2D eigenvalue weighted by molar-refractivity contribution is -0.139. The third kappa shape index (κ3) is 5.98. The third-order valence-corrected chi connectivity index (χ3v) is 5.35. The van der Waals surface area contributed by atoms with Gasteiger partial charge < -0.3 is 15.0 Å². The van der Waals surface area contributed by atoms with Crippen LogP contribution < -0.4 is 10.1 Å². The van der Waals surface area contributed by atoms with Crippen LogP contribution in [-0.4, -0.2) is 43.6 Å². The molecule has 1 unspecified atom stereocenters. The van der Waals surface area contributed by atoms with Gasteiger partial charge in [-0.1, -0.05) is 42.5 Å². The molecule has 2 aromatic carbocycles. The summed E-state index contributed by atoms with van der Waals surface area (Å²) in [5, 5.41) is 3.21. The Hall–Kier alpha value is -2.04. The van der Waals surface area contributed by atoms with E-state index in [0.717, 1.165) is 49.7 Å². The Morgan fingerprint density at radius 3 is 2.29 bits per heavy atom. The fourth-order valence-corrected chi connectivity index (χ4v) is 3.66. The van der Waals surface area contributed by atoms with Crippen LogP contribution >= 0.6 is 12.4 Å².